The van der Waals surface area contributed by atoms with Crippen LogP contribution in [-0.2, 0) is 27.3 Å². The van der Waals surface area contributed by atoms with Gasteiger partial charge in [-0.25, -0.2) is 9.68 Å². The molecule has 1 N–H and O–H groups in total. The van der Waals surface area contributed by atoms with E-state index in [2.05, 4.69) is 24.5 Å². The zero-order valence-corrected chi connectivity index (χ0v) is 13.6. The highest BCUT2D eigenvalue weighted by atomic mass is 17.1. The molecule has 1 aromatic rings. The molecule has 1 aliphatic carbocycles. The van der Waals surface area contributed by atoms with Crippen molar-refractivity contribution in [2.24, 2.45) is 17.3 Å². The molecule has 23 heavy (non-hydrogen) atoms. The topological polar surface area (TPSA) is 68.9 Å². The Morgan fingerprint density at radius 2 is 2.35 bits per heavy atom. The van der Waals surface area contributed by atoms with E-state index in [0.29, 0.717) is 12.8 Å². The molecule has 0 spiro atoms. The minimum absolute atomic E-state index is 0.0662. The molecule has 1 aromatic heterocycles. The molecule has 1 fully saturated rings. The first-order valence-electron chi connectivity index (χ1n) is 7.50. The summed E-state index contributed by atoms with van der Waals surface area (Å²) in [4.78, 5) is 16.0. The maximum Gasteiger partial charge on any atom is 0.330 e. The van der Waals surface area contributed by atoms with Crippen molar-refractivity contribution in [2.75, 3.05) is 7.11 Å². The highest BCUT2D eigenvalue weighted by Crippen LogP contribution is 2.61. The molecule has 0 bridgehead atoms. The Kier molecular flexibility index (Phi) is 5.30. The van der Waals surface area contributed by atoms with Crippen molar-refractivity contribution in [2.45, 2.75) is 32.8 Å². The van der Waals surface area contributed by atoms with Gasteiger partial charge in [0.15, 0.2) is 0 Å². The number of terminal acetylenes is 1. The van der Waals surface area contributed by atoms with E-state index in [1.807, 2.05) is 12.1 Å². The Balaban J connectivity index is 2.04. The molecule has 1 saturated carbocycles. The highest BCUT2D eigenvalue weighted by Gasteiger charge is 2.60. The summed E-state index contributed by atoms with van der Waals surface area (Å²) < 4.78 is 9.97. The van der Waals surface area contributed by atoms with Crippen LogP contribution in [0, 0.1) is 29.6 Å². The Labute approximate surface area is 136 Å². The fourth-order valence-corrected chi connectivity index (χ4v) is 3.24. The lowest BCUT2D eigenvalue weighted by Gasteiger charge is -2.13. The molecule has 124 valence electrons. The molecule has 3 atom stereocenters. The van der Waals surface area contributed by atoms with Crippen LogP contribution in [0.1, 0.15) is 25.2 Å². The van der Waals surface area contributed by atoms with Crippen LogP contribution in [-0.4, -0.2) is 24.4 Å². The van der Waals surface area contributed by atoms with E-state index in [9.17, 15) is 10.1 Å². The summed E-state index contributed by atoms with van der Waals surface area (Å²) in [5.41, 5.74) is 0.858. The molecule has 0 radical (unpaired) electrons. The first-order valence-corrected chi connectivity index (χ1v) is 7.50. The average molecular weight is 318 g/mol. The van der Waals surface area contributed by atoms with Crippen LogP contribution in [0.15, 0.2) is 28.9 Å². The smallest absolute Gasteiger partial charge is 0.330 e. The summed E-state index contributed by atoms with van der Waals surface area (Å²) in [6.45, 7) is 4.16. The maximum atomic E-state index is 11.2. The summed E-state index contributed by atoms with van der Waals surface area (Å²) in [6.07, 6.45) is 10.7. The molecule has 5 nitrogen and oxygen atoms in total. The second-order valence-electron chi connectivity index (χ2n) is 6.41. The summed E-state index contributed by atoms with van der Waals surface area (Å²) in [6, 6.07) is 1.88. The van der Waals surface area contributed by atoms with Crippen molar-refractivity contribution in [3.63, 3.8) is 0 Å². The zero-order chi connectivity index (χ0) is 17.0. The number of esters is 1. The normalized spacial score (nSPS) is 23.4. The summed E-state index contributed by atoms with van der Waals surface area (Å²) >= 11 is 0. The lowest BCUT2D eigenvalue weighted by atomic mass is 10.0. The van der Waals surface area contributed by atoms with Gasteiger partial charge in [-0.15, -0.1) is 6.42 Å². The molecule has 1 heterocycles. The van der Waals surface area contributed by atoms with Gasteiger partial charge < -0.3 is 9.15 Å². The van der Waals surface area contributed by atoms with E-state index in [-0.39, 0.29) is 29.3 Å². The van der Waals surface area contributed by atoms with E-state index in [0.717, 1.165) is 11.3 Å². The summed E-state index contributed by atoms with van der Waals surface area (Å²) in [7, 11) is 1.34. The SMILES string of the molecule is C#CCc1cc(CC(OO)C2C(C=CC(=O)OC)C2(C)C)co1. The van der Waals surface area contributed by atoms with Gasteiger partial charge in [0.2, 0.25) is 0 Å². The van der Waals surface area contributed by atoms with Crippen LogP contribution in [0.4, 0.5) is 0 Å². The van der Waals surface area contributed by atoms with E-state index >= 15 is 0 Å². The van der Waals surface area contributed by atoms with E-state index in [1.165, 1.54) is 13.2 Å². The Morgan fingerprint density at radius 1 is 1.61 bits per heavy atom. The summed E-state index contributed by atoms with van der Waals surface area (Å²) in [5.74, 6) is 3.09. The quantitative estimate of drug-likeness (QED) is 0.275. The monoisotopic (exact) mass is 318 g/mol. The van der Waals surface area contributed by atoms with Crippen LogP contribution in [0.5, 0.6) is 0 Å². The molecular weight excluding hydrogens is 296 g/mol. The fourth-order valence-electron chi connectivity index (χ4n) is 3.24. The number of hydrogen-bond donors (Lipinski definition) is 1. The largest absolute Gasteiger partial charge is 0.468 e. The number of rotatable bonds is 7. The van der Waals surface area contributed by atoms with Gasteiger partial charge in [0.1, 0.15) is 11.9 Å². The van der Waals surface area contributed by atoms with E-state index < -0.39 is 0 Å². The number of allylic oxidation sites excluding steroid dienone is 1. The van der Waals surface area contributed by atoms with Gasteiger partial charge in [0.05, 0.1) is 19.8 Å². The third-order valence-corrected chi connectivity index (χ3v) is 4.59. The zero-order valence-electron chi connectivity index (χ0n) is 13.6. The van der Waals surface area contributed by atoms with Gasteiger partial charge in [-0.3, -0.25) is 5.26 Å². The first kappa shape index (κ1) is 17.3. The van der Waals surface area contributed by atoms with E-state index in [4.69, 9.17) is 15.7 Å². The third-order valence-electron chi connectivity index (χ3n) is 4.59. The van der Waals surface area contributed by atoms with Crippen LogP contribution in [0.3, 0.4) is 0 Å². The van der Waals surface area contributed by atoms with Gasteiger partial charge >= 0.3 is 5.97 Å². The Bertz CT molecular complexity index is 620. The van der Waals surface area contributed by atoms with Crippen LogP contribution >= 0.6 is 0 Å². The predicted molar refractivity (Wildman–Crippen MR) is 84.4 cm³/mol. The summed E-state index contributed by atoms with van der Waals surface area (Å²) in [5, 5.41) is 9.30. The maximum absolute atomic E-state index is 11.2. The molecule has 0 amide bonds. The minimum Gasteiger partial charge on any atom is -0.468 e. The van der Waals surface area contributed by atoms with Gasteiger partial charge in [-0.05, 0) is 23.0 Å². The van der Waals surface area contributed by atoms with Crippen molar-refractivity contribution >= 4 is 5.97 Å². The van der Waals surface area contributed by atoms with Gasteiger partial charge in [-0.1, -0.05) is 25.8 Å². The second kappa shape index (κ2) is 7.03. The number of carbonyl (C=O) groups excluding carboxylic acids is 1. The van der Waals surface area contributed by atoms with Crippen LogP contribution < -0.4 is 0 Å². The third kappa shape index (κ3) is 3.84. The number of methoxy groups -OCH3 is 1. The Morgan fingerprint density at radius 3 is 2.96 bits per heavy atom. The first-order chi connectivity index (χ1) is 10.9. The standard InChI is InChI=1S/C18H22O5/c1-5-6-13-9-12(11-22-13)10-15(23-20)17-14(18(17,2)3)7-8-16(19)21-4/h1,7-9,11,14-15,17,20H,6,10H2,2-4H3. The van der Waals surface area contributed by atoms with Gasteiger partial charge in [0, 0.05) is 18.4 Å². The number of furan rings is 1. The lowest BCUT2D eigenvalue weighted by molar-refractivity contribution is -0.285. The fraction of sp³-hybridized carbons (Fsp3) is 0.500. The number of hydrogen-bond acceptors (Lipinski definition) is 5. The van der Waals surface area contributed by atoms with Gasteiger partial charge in [-0.2, -0.15) is 0 Å². The van der Waals surface area contributed by atoms with Crippen molar-refractivity contribution in [3.8, 4) is 12.3 Å². The van der Waals surface area contributed by atoms with Gasteiger partial charge in [0.25, 0.3) is 0 Å². The van der Waals surface area contributed by atoms with Crippen molar-refractivity contribution in [1.82, 2.24) is 0 Å². The Hall–Kier alpha value is -2.03. The number of carbonyl (C=O) groups is 1. The minimum atomic E-state index is -0.387. The molecule has 5 heteroatoms. The predicted octanol–water partition coefficient (Wildman–Crippen LogP) is 2.86. The molecule has 1 aliphatic rings. The molecule has 0 aliphatic heterocycles. The van der Waals surface area contributed by atoms with Crippen LogP contribution in [0.2, 0.25) is 0 Å². The van der Waals surface area contributed by atoms with Crippen molar-refractivity contribution in [3.05, 3.63) is 35.8 Å². The van der Waals surface area contributed by atoms with Crippen molar-refractivity contribution in [1.29, 1.82) is 0 Å². The van der Waals surface area contributed by atoms with E-state index in [1.54, 1.807) is 6.26 Å². The molecule has 2 rings (SSSR count). The molecule has 0 aromatic carbocycles. The lowest BCUT2D eigenvalue weighted by Crippen LogP contribution is -2.19. The molecular formula is C18H22O5. The van der Waals surface area contributed by atoms with Crippen molar-refractivity contribution < 1.29 is 24.1 Å². The molecule has 3 unspecified atom stereocenters. The average Bonchev–Trinajstić information content (AvgIpc) is 2.85. The highest BCUT2D eigenvalue weighted by molar-refractivity contribution is 5.81. The molecule has 0 saturated heterocycles. The number of ether oxygens (including phenoxy) is 1. The van der Waals surface area contributed by atoms with Crippen LogP contribution in [0.25, 0.3) is 0 Å². The second-order valence-corrected chi connectivity index (χ2v) is 6.41.